The topological polar surface area (TPSA) is 16.4 Å². The van der Waals surface area contributed by atoms with Crippen LogP contribution in [0.3, 0.4) is 0 Å². The van der Waals surface area contributed by atoms with Crippen LogP contribution in [0.15, 0.2) is 168 Å². The first-order valence-corrected chi connectivity index (χ1v) is 15.0. The summed E-state index contributed by atoms with van der Waals surface area (Å²) in [7, 11) is 0. The van der Waals surface area contributed by atoms with Crippen LogP contribution in [0.2, 0.25) is 0 Å². The molecule has 9 rings (SSSR count). The van der Waals surface area contributed by atoms with Crippen molar-refractivity contribution in [3.63, 3.8) is 0 Å². The molecule has 1 heterocycles. The van der Waals surface area contributed by atoms with Crippen molar-refractivity contribution in [3.05, 3.63) is 164 Å². The first kappa shape index (κ1) is 24.7. The Morgan fingerprint density at radius 2 is 0.955 bits per heavy atom. The van der Waals surface area contributed by atoms with E-state index in [1.54, 1.807) is 0 Å². The van der Waals surface area contributed by atoms with Crippen LogP contribution >= 0.6 is 0 Å². The number of hydrogen-bond acceptors (Lipinski definition) is 2. The van der Waals surface area contributed by atoms with Crippen molar-refractivity contribution in [3.8, 4) is 11.1 Å². The van der Waals surface area contributed by atoms with Gasteiger partial charge in [-0.1, -0.05) is 115 Å². The van der Waals surface area contributed by atoms with Gasteiger partial charge in [0.15, 0.2) is 0 Å². The zero-order valence-electron chi connectivity index (χ0n) is 23.9. The molecule has 0 bridgehead atoms. The van der Waals surface area contributed by atoms with Gasteiger partial charge in [0, 0.05) is 27.8 Å². The summed E-state index contributed by atoms with van der Waals surface area (Å²) in [6.07, 6.45) is 0. The molecule has 44 heavy (non-hydrogen) atoms. The molecule has 0 N–H and O–H groups in total. The number of furan rings is 1. The molecule has 2 heteroatoms. The van der Waals surface area contributed by atoms with Crippen molar-refractivity contribution in [2.45, 2.75) is 0 Å². The Labute approximate surface area is 255 Å². The van der Waals surface area contributed by atoms with Gasteiger partial charge in [0.05, 0.1) is 0 Å². The van der Waals surface area contributed by atoms with Crippen LogP contribution in [-0.2, 0) is 0 Å². The molecule has 206 valence electrons. The van der Waals surface area contributed by atoms with E-state index in [1.165, 1.54) is 43.4 Å². The lowest BCUT2D eigenvalue weighted by molar-refractivity contribution is 0.669. The number of anilines is 3. The van der Waals surface area contributed by atoms with Gasteiger partial charge in [-0.2, -0.15) is 0 Å². The second kappa shape index (κ2) is 9.86. The summed E-state index contributed by atoms with van der Waals surface area (Å²) in [5.41, 5.74) is 7.50. The van der Waals surface area contributed by atoms with E-state index in [2.05, 4.69) is 157 Å². The van der Waals surface area contributed by atoms with E-state index in [9.17, 15) is 0 Å². The standard InChI is InChI=1S/C42H27NO/c1-3-14-35-28(9-1)11-8-17-37(35)30-12-7-13-32(25-30)43(34-22-24-42-40(27-34)39-16-5-6-18-41(39)44-42)33-21-23-38-31(26-33)20-19-29-10-2-4-15-36(29)38/h1-27H. The molecule has 8 aromatic carbocycles. The summed E-state index contributed by atoms with van der Waals surface area (Å²) in [6, 6.07) is 58.7. The van der Waals surface area contributed by atoms with E-state index >= 15 is 0 Å². The number of benzene rings is 8. The van der Waals surface area contributed by atoms with Crippen LogP contribution in [0.4, 0.5) is 17.1 Å². The predicted molar refractivity (Wildman–Crippen MR) is 186 cm³/mol. The number of hydrogen-bond donors (Lipinski definition) is 0. The molecule has 9 aromatic rings. The van der Waals surface area contributed by atoms with Gasteiger partial charge in [0.25, 0.3) is 0 Å². The summed E-state index contributed by atoms with van der Waals surface area (Å²) in [5, 5.41) is 9.73. The smallest absolute Gasteiger partial charge is 0.135 e. The maximum absolute atomic E-state index is 6.20. The minimum Gasteiger partial charge on any atom is -0.456 e. The van der Waals surface area contributed by atoms with Gasteiger partial charge in [-0.3, -0.25) is 0 Å². The summed E-state index contributed by atoms with van der Waals surface area (Å²) in [6.45, 7) is 0. The van der Waals surface area contributed by atoms with Crippen molar-refractivity contribution in [2.24, 2.45) is 0 Å². The number of fused-ring (bicyclic) bond motifs is 7. The number of para-hydroxylation sites is 1. The van der Waals surface area contributed by atoms with Gasteiger partial charge in [-0.25, -0.2) is 0 Å². The highest BCUT2D eigenvalue weighted by Gasteiger charge is 2.17. The quantitative estimate of drug-likeness (QED) is 0.199. The molecule has 0 aliphatic carbocycles. The van der Waals surface area contributed by atoms with Gasteiger partial charge >= 0.3 is 0 Å². The molecular weight excluding hydrogens is 534 g/mol. The van der Waals surface area contributed by atoms with Crippen LogP contribution in [0.25, 0.3) is 65.4 Å². The normalized spacial score (nSPS) is 11.6. The third-order valence-electron chi connectivity index (χ3n) is 8.81. The molecule has 0 radical (unpaired) electrons. The predicted octanol–water partition coefficient (Wildman–Crippen LogP) is 12.2. The summed E-state index contributed by atoms with van der Waals surface area (Å²) >= 11 is 0. The molecule has 0 unspecified atom stereocenters. The lowest BCUT2D eigenvalue weighted by Crippen LogP contribution is -2.10. The van der Waals surface area contributed by atoms with Crippen LogP contribution in [-0.4, -0.2) is 0 Å². The van der Waals surface area contributed by atoms with E-state index in [4.69, 9.17) is 4.42 Å². The lowest BCUT2D eigenvalue weighted by Gasteiger charge is -2.26. The maximum atomic E-state index is 6.20. The Balaban J connectivity index is 1.27. The molecule has 0 saturated heterocycles. The molecule has 0 spiro atoms. The molecular formula is C42H27NO. The first-order valence-electron chi connectivity index (χ1n) is 15.0. The highest BCUT2D eigenvalue weighted by molar-refractivity contribution is 6.09. The van der Waals surface area contributed by atoms with Crippen LogP contribution in [0, 0.1) is 0 Å². The van der Waals surface area contributed by atoms with Crippen LogP contribution in [0.1, 0.15) is 0 Å². The number of rotatable bonds is 4. The maximum Gasteiger partial charge on any atom is 0.135 e. The minimum atomic E-state index is 0.893. The molecule has 0 aliphatic rings. The average molecular weight is 562 g/mol. The van der Waals surface area contributed by atoms with Crippen molar-refractivity contribution in [2.75, 3.05) is 4.90 Å². The average Bonchev–Trinajstić information content (AvgIpc) is 3.46. The Hall–Kier alpha value is -5.86. The van der Waals surface area contributed by atoms with Gasteiger partial charge < -0.3 is 9.32 Å². The van der Waals surface area contributed by atoms with Crippen LogP contribution < -0.4 is 4.90 Å². The van der Waals surface area contributed by atoms with Gasteiger partial charge in [0.2, 0.25) is 0 Å². The highest BCUT2D eigenvalue weighted by atomic mass is 16.3. The monoisotopic (exact) mass is 561 g/mol. The number of nitrogens with zero attached hydrogens (tertiary/aromatic N) is 1. The van der Waals surface area contributed by atoms with Crippen molar-refractivity contribution in [1.29, 1.82) is 0 Å². The molecule has 0 fully saturated rings. The summed E-state index contributed by atoms with van der Waals surface area (Å²) in [4.78, 5) is 2.37. The third kappa shape index (κ3) is 3.96. The van der Waals surface area contributed by atoms with E-state index in [1.807, 2.05) is 12.1 Å². The zero-order valence-corrected chi connectivity index (χ0v) is 23.9. The van der Waals surface area contributed by atoms with E-state index in [0.29, 0.717) is 0 Å². The third-order valence-corrected chi connectivity index (χ3v) is 8.81. The molecule has 0 atom stereocenters. The Morgan fingerprint density at radius 1 is 0.341 bits per heavy atom. The molecule has 0 saturated carbocycles. The highest BCUT2D eigenvalue weighted by Crippen LogP contribution is 2.41. The van der Waals surface area contributed by atoms with Gasteiger partial charge in [0.1, 0.15) is 11.2 Å². The second-order valence-corrected chi connectivity index (χ2v) is 11.4. The Kier molecular flexibility index (Phi) is 5.54. The first-order chi connectivity index (χ1) is 21.8. The van der Waals surface area contributed by atoms with E-state index in [-0.39, 0.29) is 0 Å². The van der Waals surface area contributed by atoms with Gasteiger partial charge in [-0.15, -0.1) is 0 Å². The fourth-order valence-electron chi connectivity index (χ4n) is 6.73. The molecule has 2 nitrogen and oxygen atoms in total. The zero-order chi connectivity index (χ0) is 29.0. The Morgan fingerprint density at radius 3 is 1.86 bits per heavy atom. The van der Waals surface area contributed by atoms with Crippen molar-refractivity contribution in [1.82, 2.24) is 0 Å². The fourth-order valence-corrected chi connectivity index (χ4v) is 6.73. The minimum absolute atomic E-state index is 0.893. The second-order valence-electron chi connectivity index (χ2n) is 11.4. The van der Waals surface area contributed by atoms with Crippen molar-refractivity contribution >= 4 is 71.3 Å². The van der Waals surface area contributed by atoms with Gasteiger partial charge in [-0.05, 0) is 92.0 Å². The van der Waals surface area contributed by atoms with E-state index < -0.39 is 0 Å². The fraction of sp³-hybridized carbons (Fsp3) is 0. The largest absolute Gasteiger partial charge is 0.456 e. The SMILES string of the molecule is c1cc(-c2cccc3ccccc23)cc(N(c2ccc3c(ccc4ccccc43)c2)c2ccc3oc4ccccc4c3c2)c1. The lowest BCUT2D eigenvalue weighted by atomic mass is 9.97. The summed E-state index contributed by atoms with van der Waals surface area (Å²) < 4.78 is 6.20. The molecule has 0 amide bonds. The molecule has 1 aromatic heterocycles. The Bertz CT molecular complexity index is 2520. The van der Waals surface area contributed by atoms with Crippen molar-refractivity contribution < 1.29 is 4.42 Å². The van der Waals surface area contributed by atoms with Crippen LogP contribution in [0.5, 0.6) is 0 Å². The van der Waals surface area contributed by atoms with E-state index in [0.717, 1.165) is 39.0 Å². The molecule has 0 aliphatic heterocycles. The summed E-state index contributed by atoms with van der Waals surface area (Å²) in [5.74, 6) is 0.